The fourth-order valence-electron chi connectivity index (χ4n) is 5.07. The molecule has 32 heavy (non-hydrogen) atoms. The minimum atomic E-state index is -0.501. The molecule has 2 aliphatic heterocycles. The molecule has 2 heterocycles. The number of esters is 1. The van der Waals surface area contributed by atoms with Crippen LogP contribution in [0, 0.1) is 0 Å². The smallest absolute Gasteiger partial charge is 0.411 e. The van der Waals surface area contributed by atoms with Gasteiger partial charge in [0, 0.05) is 25.6 Å². The van der Waals surface area contributed by atoms with Crippen molar-refractivity contribution in [1.29, 1.82) is 0 Å². The number of fused-ring (bicyclic) bond motifs is 3. The standard InChI is InChI=1S/C24H25N3O5/c1-31-22(28)18-8-4-5-9-19(18)25-23(29)26-12-10-16(11-13-26)27-21-17-7-3-2-6-15(17)14-20(21)32-24(27)30/h2-9,16,20-21H,10-14H2,1H3,(H,25,29). The number of ether oxygens (including phenoxy) is 2. The Balaban J connectivity index is 1.25. The summed E-state index contributed by atoms with van der Waals surface area (Å²) in [6.45, 7) is 1.03. The average molecular weight is 435 g/mol. The SMILES string of the molecule is COC(=O)c1ccccc1NC(=O)N1CCC(N2C(=O)OC3Cc4ccccc4C32)CC1. The quantitative estimate of drug-likeness (QED) is 0.745. The van der Waals surface area contributed by atoms with Crippen LogP contribution < -0.4 is 5.32 Å². The van der Waals surface area contributed by atoms with Gasteiger partial charge in [-0.25, -0.2) is 14.4 Å². The maximum absolute atomic E-state index is 12.8. The third-order valence-electron chi connectivity index (χ3n) is 6.63. The van der Waals surface area contributed by atoms with Crippen molar-refractivity contribution in [2.45, 2.75) is 37.5 Å². The summed E-state index contributed by atoms with van der Waals surface area (Å²) >= 11 is 0. The van der Waals surface area contributed by atoms with Crippen LogP contribution in [-0.4, -0.2) is 60.2 Å². The zero-order chi connectivity index (χ0) is 22.2. The van der Waals surface area contributed by atoms with Gasteiger partial charge >= 0.3 is 18.1 Å². The molecule has 0 aromatic heterocycles. The molecule has 5 rings (SSSR count). The molecule has 0 bridgehead atoms. The van der Waals surface area contributed by atoms with E-state index >= 15 is 0 Å². The van der Waals surface area contributed by atoms with Crippen molar-refractivity contribution in [1.82, 2.24) is 9.80 Å². The average Bonchev–Trinajstić information content (AvgIpc) is 3.33. The first-order chi connectivity index (χ1) is 15.6. The summed E-state index contributed by atoms with van der Waals surface area (Å²) in [4.78, 5) is 41.0. The van der Waals surface area contributed by atoms with Gasteiger partial charge in [0.05, 0.1) is 24.4 Å². The number of carbonyl (C=O) groups is 3. The van der Waals surface area contributed by atoms with E-state index in [2.05, 4.69) is 17.4 Å². The summed E-state index contributed by atoms with van der Waals surface area (Å²) in [6.07, 6.45) is 1.71. The fourth-order valence-corrected chi connectivity index (χ4v) is 5.07. The van der Waals surface area contributed by atoms with E-state index in [0.717, 1.165) is 6.42 Å². The van der Waals surface area contributed by atoms with E-state index in [0.29, 0.717) is 37.2 Å². The van der Waals surface area contributed by atoms with Gasteiger partial charge in [-0.2, -0.15) is 0 Å². The Hall–Kier alpha value is -3.55. The van der Waals surface area contributed by atoms with Gasteiger partial charge in [-0.15, -0.1) is 0 Å². The Kier molecular flexibility index (Phi) is 5.20. The van der Waals surface area contributed by atoms with E-state index in [-0.39, 0.29) is 30.3 Å². The maximum atomic E-state index is 12.8. The molecule has 3 aliphatic rings. The van der Waals surface area contributed by atoms with Crippen LogP contribution in [0.15, 0.2) is 48.5 Å². The lowest BCUT2D eigenvalue weighted by Gasteiger charge is -2.37. The lowest BCUT2D eigenvalue weighted by Crippen LogP contribution is -2.48. The van der Waals surface area contributed by atoms with Gasteiger partial charge in [-0.3, -0.25) is 4.90 Å². The highest BCUT2D eigenvalue weighted by Crippen LogP contribution is 2.44. The van der Waals surface area contributed by atoms with Crippen LogP contribution in [0.5, 0.6) is 0 Å². The summed E-state index contributed by atoms with van der Waals surface area (Å²) in [7, 11) is 1.31. The molecule has 8 nitrogen and oxygen atoms in total. The number of piperidine rings is 1. The monoisotopic (exact) mass is 435 g/mol. The second kappa shape index (κ2) is 8.18. The Labute approximate surface area is 186 Å². The molecule has 1 aliphatic carbocycles. The predicted octanol–water partition coefficient (Wildman–Crippen LogP) is 3.59. The van der Waals surface area contributed by atoms with E-state index in [9.17, 15) is 14.4 Å². The first kappa shape index (κ1) is 20.4. The molecule has 8 heteroatoms. The fraction of sp³-hybridized carbons (Fsp3) is 0.375. The van der Waals surface area contributed by atoms with E-state index in [1.807, 2.05) is 17.0 Å². The topological polar surface area (TPSA) is 88.2 Å². The van der Waals surface area contributed by atoms with Gasteiger partial charge in [-0.1, -0.05) is 36.4 Å². The Morgan fingerprint density at radius 3 is 2.56 bits per heavy atom. The molecule has 0 saturated carbocycles. The van der Waals surface area contributed by atoms with Gasteiger partial charge < -0.3 is 19.7 Å². The normalized spacial score (nSPS) is 22.2. The first-order valence-electron chi connectivity index (χ1n) is 10.9. The second-order valence-electron chi connectivity index (χ2n) is 8.36. The number of para-hydroxylation sites is 1. The number of methoxy groups -OCH3 is 1. The second-order valence-corrected chi connectivity index (χ2v) is 8.36. The molecule has 2 aromatic carbocycles. The molecular formula is C24H25N3O5. The number of anilines is 1. The van der Waals surface area contributed by atoms with Crippen molar-refractivity contribution in [3.8, 4) is 0 Å². The maximum Gasteiger partial charge on any atom is 0.411 e. The molecule has 2 aromatic rings. The summed E-state index contributed by atoms with van der Waals surface area (Å²) in [5.74, 6) is -0.501. The molecule has 0 radical (unpaired) electrons. The number of urea groups is 1. The predicted molar refractivity (Wildman–Crippen MR) is 116 cm³/mol. The van der Waals surface area contributed by atoms with E-state index < -0.39 is 5.97 Å². The van der Waals surface area contributed by atoms with Gasteiger partial charge in [0.25, 0.3) is 0 Å². The van der Waals surface area contributed by atoms with Crippen LogP contribution in [0.3, 0.4) is 0 Å². The molecule has 166 valence electrons. The number of nitrogens with one attached hydrogen (secondary N) is 1. The zero-order valence-corrected chi connectivity index (χ0v) is 17.8. The van der Waals surface area contributed by atoms with Crippen molar-refractivity contribution in [2.75, 3.05) is 25.5 Å². The van der Waals surface area contributed by atoms with E-state index in [1.54, 1.807) is 29.2 Å². The van der Waals surface area contributed by atoms with Gasteiger partial charge in [0.2, 0.25) is 0 Å². The van der Waals surface area contributed by atoms with Gasteiger partial charge in [0.1, 0.15) is 6.10 Å². The number of likely N-dealkylation sites (tertiary alicyclic amines) is 1. The lowest BCUT2D eigenvalue weighted by atomic mass is 9.99. The van der Waals surface area contributed by atoms with E-state index in [4.69, 9.17) is 9.47 Å². The third-order valence-corrected chi connectivity index (χ3v) is 6.63. The molecule has 2 atom stereocenters. The summed E-state index contributed by atoms with van der Waals surface area (Å²) in [6, 6.07) is 14.7. The summed E-state index contributed by atoms with van der Waals surface area (Å²) in [5.41, 5.74) is 3.13. The highest BCUT2D eigenvalue weighted by atomic mass is 16.6. The van der Waals surface area contributed by atoms with Crippen molar-refractivity contribution >= 4 is 23.8 Å². The molecule has 2 fully saturated rings. The highest BCUT2D eigenvalue weighted by molar-refractivity contribution is 6.00. The summed E-state index contributed by atoms with van der Waals surface area (Å²) < 4.78 is 10.5. The number of rotatable bonds is 3. The molecule has 1 N–H and O–H groups in total. The van der Waals surface area contributed by atoms with Crippen molar-refractivity contribution in [3.63, 3.8) is 0 Å². The number of amides is 3. The van der Waals surface area contributed by atoms with Gasteiger partial charge in [-0.05, 0) is 36.1 Å². The number of carbonyl (C=O) groups excluding carboxylic acids is 3. The lowest BCUT2D eigenvalue weighted by molar-refractivity contribution is 0.0602. The number of hydrogen-bond acceptors (Lipinski definition) is 5. The Morgan fingerprint density at radius 2 is 1.78 bits per heavy atom. The molecule has 0 spiro atoms. The van der Waals surface area contributed by atoms with Crippen molar-refractivity contribution < 1.29 is 23.9 Å². The third kappa shape index (κ3) is 3.45. The Morgan fingerprint density at radius 1 is 1.06 bits per heavy atom. The minimum absolute atomic E-state index is 0.0232. The summed E-state index contributed by atoms with van der Waals surface area (Å²) in [5, 5.41) is 2.82. The number of benzene rings is 2. The van der Waals surface area contributed by atoms with Crippen LogP contribution in [0.4, 0.5) is 15.3 Å². The number of hydrogen-bond donors (Lipinski definition) is 1. The van der Waals surface area contributed by atoms with E-state index in [1.165, 1.54) is 18.2 Å². The van der Waals surface area contributed by atoms with Crippen LogP contribution in [0.1, 0.15) is 40.4 Å². The van der Waals surface area contributed by atoms with Crippen LogP contribution in [0.25, 0.3) is 0 Å². The van der Waals surface area contributed by atoms with Crippen molar-refractivity contribution in [2.24, 2.45) is 0 Å². The largest absolute Gasteiger partial charge is 0.465 e. The highest BCUT2D eigenvalue weighted by Gasteiger charge is 2.50. The molecule has 3 amide bonds. The zero-order valence-electron chi connectivity index (χ0n) is 17.8. The Bertz CT molecular complexity index is 1060. The van der Waals surface area contributed by atoms with Crippen LogP contribution in [-0.2, 0) is 15.9 Å². The van der Waals surface area contributed by atoms with Crippen LogP contribution in [0.2, 0.25) is 0 Å². The van der Waals surface area contributed by atoms with Crippen molar-refractivity contribution in [3.05, 3.63) is 65.2 Å². The molecule has 2 unspecified atom stereocenters. The molecular weight excluding hydrogens is 410 g/mol. The minimum Gasteiger partial charge on any atom is -0.465 e. The van der Waals surface area contributed by atoms with Gasteiger partial charge in [0.15, 0.2) is 0 Å². The number of nitrogens with zero attached hydrogens (tertiary/aromatic N) is 2. The first-order valence-corrected chi connectivity index (χ1v) is 10.9. The molecule has 2 saturated heterocycles. The van der Waals surface area contributed by atoms with Crippen LogP contribution >= 0.6 is 0 Å².